The summed E-state index contributed by atoms with van der Waals surface area (Å²) in [6.45, 7) is 5.69. The van der Waals surface area contributed by atoms with Crippen molar-refractivity contribution in [2.45, 2.75) is 20.8 Å². The van der Waals surface area contributed by atoms with E-state index in [1.807, 2.05) is 32.0 Å². The molecule has 0 bridgehead atoms. The highest BCUT2D eigenvalue weighted by molar-refractivity contribution is 6.34. The van der Waals surface area contributed by atoms with Crippen LogP contribution in [0.1, 0.15) is 47.8 Å². The van der Waals surface area contributed by atoms with Gasteiger partial charge in [-0.2, -0.15) is 0 Å². The maximum Gasteiger partial charge on any atom is 0.266 e. The van der Waals surface area contributed by atoms with Gasteiger partial charge in [-0.25, -0.2) is 4.90 Å². The third kappa shape index (κ3) is 3.22. The van der Waals surface area contributed by atoms with Gasteiger partial charge in [-0.15, -0.1) is 0 Å². The number of carboxylic acids is 1. The highest BCUT2D eigenvalue weighted by atomic mass is 16.5. The highest BCUT2D eigenvalue weighted by Crippen LogP contribution is 2.34. The van der Waals surface area contributed by atoms with Crippen LogP contribution in [0.25, 0.3) is 0 Å². The Bertz CT molecular complexity index is 1230. The lowest BCUT2D eigenvalue weighted by Crippen LogP contribution is -2.31. The van der Waals surface area contributed by atoms with Crippen molar-refractivity contribution < 1.29 is 24.2 Å². The number of benzene rings is 3. The number of hydrogen-bond acceptors (Lipinski definition) is 5. The minimum Gasteiger partial charge on any atom is -0.545 e. The second-order valence-electron chi connectivity index (χ2n) is 7.29. The van der Waals surface area contributed by atoms with E-state index in [-0.39, 0.29) is 22.4 Å². The summed E-state index contributed by atoms with van der Waals surface area (Å²) in [4.78, 5) is 38.1. The fraction of sp³-hybridized carbons (Fsp3) is 0.125. The van der Waals surface area contributed by atoms with Crippen LogP contribution in [0.3, 0.4) is 0 Å². The third-order valence-corrected chi connectivity index (χ3v) is 5.26. The van der Waals surface area contributed by atoms with E-state index in [4.69, 9.17) is 4.74 Å². The van der Waals surface area contributed by atoms with Gasteiger partial charge in [0.25, 0.3) is 11.8 Å². The van der Waals surface area contributed by atoms with Gasteiger partial charge >= 0.3 is 0 Å². The van der Waals surface area contributed by atoms with Crippen molar-refractivity contribution in [1.29, 1.82) is 0 Å². The van der Waals surface area contributed by atoms with Crippen LogP contribution in [0.2, 0.25) is 0 Å². The summed E-state index contributed by atoms with van der Waals surface area (Å²) in [6.07, 6.45) is 0. The number of aryl methyl sites for hydroxylation is 3. The van der Waals surface area contributed by atoms with E-state index in [0.29, 0.717) is 17.1 Å². The number of anilines is 1. The van der Waals surface area contributed by atoms with E-state index < -0.39 is 17.8 Å². The lowest BCUT2D eigenvalue weighted by atomic mass is 10.1. The molecular weight excluding hydrogens is 382 g/mol. The second-order valence-corrected chi connectivity index (χ2v) is 7.29. The zero-order valence-electron chi connectivity index (χ0n) is 16.7. The van der Waals surface area contributed by atoms with Gasteiger partial charge in [0, 0.05) is 0 Å². The summed E-state index contributed by atoms with van der Waals surface area (Å²) >= 11 is 0. The average Bonchev–Trinajstić information content (AvgIpc) is 2.95. The Morgan fingerprint density at radius 2 is 1.40 bits per heavy atom. The number of carbonyl (C=O) groups excluding carboxylic acids is 3. The van der Waals surface area contributed by atoms with E-state index in [0.717, 1.165) is 16.0 Å². The largest absolute Gasteiger partial charge is 0.545 e. The standard InChI is InChI=1S/C24H19NO5/c1-13-5-7-17(10-15(13)3)30-18-8-9-19-20(12-18)23(27)25(22(19)26)21-11-16(24(28)29)6-4-14(21)2/h4-12H,1-3H3,(H,28,29)/p-1. The number of ether oxygens (including phenoxy) is 1. The molecule has 0 fully saturated rings. The smallest absolute Gasteiger partial charge is 0.266 e. The molecule has 1 heterocycles. The van der Waals surface area contributed by atoms with Crippen LogP contribution < -0.4 is 14.7 Å². The van der Waals surface area contributed by atoms with Crippen molar-refractivity contribution in [3.8, 4) is 11.5 Å². The fourth-order valence-corrected chi connectivity index (χ4v) is 3.39. The van der Waals surface area contributed by atoms with Crippen molar-refractivity contribution in [1.82, 2.24) is 0 Å². The summed E-state index contributed by atoms with van der Waals surface area (Å²) in [5, 5.41) is 11.2. The average molecular weight is 400 g/mol. The van der Waals surface area contributed by atoms with Crippen LogP contribution in [0.4, 0.5) is 5.69 Å². The molecule has 6 nitrogen and oxygen atoms in total. The van der Waals surface area contributed by atoms with Crippen LogP contribution in [0, 0.1) is 20.8 Å². The van der Waals surface area contributed by atoms with E-state index >= 15 is 0 Å². The quantitative estimate of drug-likeness (QED) is 0.625. The number of aromatic carboxylic acids is 1. The van der Waals surface area contributed by atoms with Crippen molar-refractivity contribution in [3.63, 3.8) is 0 Å². The predicted molar refractivity (Wildman–Crippen MR) is 109 cm³/mol. The Hall–Kier alpha value is -3.93. The molecule has 0 unspecified atom stereocenters. The van der Waals surface area contributed by atoms with Gasteiger partial charge in [0.15, 0.2) is 0 Å². The lowest BCUT2D eigenvalue weighted by Gasteiger charge is -2.18. The number of fused-ring (bicyclic) bond motifs is 1. The maximum absolute atomic E-state index is 13.0. The predicted octanol–water partition coefficient (Wildman–Crippen LogP) is 3.57. The van der Waals surface area contributed by atoms with Crippen molar-refractivity contribution in [2.24, 2.45) is 0 Å². The first kappa shape index (κ1) is 19.4. The lowest BCUT2D eigenvalue weighted by molar-refractivity contribution is -0.255. The fourth-order valence-electron chi connectivity index (χ4n) is 3.39. The molecule has 30 heavy (non-hydrogen) atoms. The number of imide groups is 1. The summed E-state index contributed by atoms with van der Waals surface area (Å²) in [6, 6.07) is 14.6. The Labute approximate surface area is 173 Å². The van der Waals surface area contributed by atoms with Crippen LogP contribution in [-0.2, 0) is 0 Å². The van der Waals surface area contributed by atoms with Crippen molar-refractivity contribution in [3.05, 3.63) is 88.0 Å². The number of amides is 2. The van der Waals surface area contributed by atoms with Gasteiger partial charge < -0.3 is 14.6 Å². The number of hydrogen-bond donors (Lipinski definition) is 0. The van der Waals surface area contributed by atoms with Gasteiger partial charge in [0.2, 0.25) is 0 Å². The number of carbonyl (C=O) groups is 3. The molecule has 1 aliphatic rings. The van der Waals surface area contributed by atoms with Gasteiger partial charge in [0.1, 0.15) is 11.5 Å². The van der Waals surface area contributed by atoms with E-state index in [2.05, 4.69) is 0 Å². The van der Waals surface area contributed by atoms with Crippen LogP contribution >= 0.6 is 0 Å². The molecule has 2 amide bonds. The number of nitrogens with zero attached hydrogens (tertiary/aromatic N) is 1. The Morgan fingerprint density at radius 3 is 2.10 bits per heavy atom. The first-order chi connectivity index (χ1) is 14.3. The first-order valence-corrected chi connectivity index (χ1v) is 9.36. The monoisotopic (exact) mass is 400 g/mol. The maximum atomic E-state index is 13.0. The summed E-state index contributed by atoms with van der Waals surface area (Å²) in [7, 11) is 0. The summed E-state index contributed by atoms with van der Waals surface area (Å²) in [5.74, 6) is -1.35. The van der Waals surface area contributed by atoms with Gasteiger partial charge in [-0.05, 0) is 79.4 Å². The molecule has 150 valence electrons. The Kier molecular flexibility index (Phi) is 4.62. The van der Waals surface area contributed by atoms with Crippen molar-refractivity contribution >= 4 is 23.5 Å². The van der Waals surface area contributed by atoms with Crippen LogP contribution in [0.5, 0.6) is 11.5 Å². The zero-order valence-corrected chi connectivity index (χ0v) is 16.7. The van der Waals surface area contributed by atoms with E-state index in [1.165, 1.54) is 24.3 Å². The number of carboxylic acid groups (broad SMARTS) is 1. The van der Waals surface area contributed by atoms with Gasteiger partial charge in [-0.3, -0.25) is 9.59 Å². The molecule has 0 spiro atoms. The third-order valence-electron chi connectivity index (χ3n) is 5.26. The molecule has 3 aromatic carbocycles. The molecule has 0 N–H and O–H groups in total. The van der Waals surface area contributed by atoms with E-state index in [9.17, 15) is 19.5 Å². The van der Waals surface area contributed by atoms with E-state index in [1.54, 1.807) is 19.1 Å². The summed E-state index contributed by atoms with van der Waals surface area (Å²) < 4.78 is 5.87. The molecule has 0 aliphatic carbocycles. The minimum atomic E-state index is -1.38. The Morgan fingerprint density at radius 1 is 0.767 bits per heavy atom. The molecule has 0 saturated carbocycles. The topological polar surface area (TPSA) is 86.7 Å². The molecule has 0 aromatic heterocycles. The molecule has 0 radical (unpaired) electrons. The normalized spacial score (nSPS) is 12.8. The molecule has 4 rings (SSSR count). The van der Waals surface area contributed by atoms with Gasteiger partial charge in [0.05, 0.1) is 22.8 Å². The number of rotatable bonds is 4. The molecule has 3 aromatic rings. The molecular formula is C24H18NO5-. The summed E-state index contributed by atoms with van der Waals surface area (Å²) in [5.41, 5.74) is 3.38. The second kappa shape index (κ2) is 7.15. The highest BCUT2D eigenvalue weighted by Gasteiger charge is 2.37. The molecule has 6 heteroatoms. The molecule has 0 saturated heterocycles. The molecule has 0 atom stereocenters. The minimum absolute atomic E-state index is 0.106. The van der Waals surface area contributed by atoms with Crippen LogP contribution in [0.15, 0.2) is 54.6 Å². The van der Waals surface area contributed by atoms with Crippen molar-refractivity contribution in [2.75, 3.05) is 4.90 Å². The zero-order chi connectivity index (χ0) is 21.6. The Balaban J connectivity index is 1.69. The van der Waals surface area contributed by atoms with Gasteiger partial charge in [-0.1, -0.05) is 18.2 Å². The first-order valence-electron chi connectivity index (χ1n) is 9.36. The molecule has 1 aliphatic heterocycles. The van der Waals surface area contributed by atoms with Crippen LogP contribution in [-0.4, -0.2) is 17.8 Å². The SMILES string of the molecule is Cc1ccc(Oc2ccc3c(c2)C(=O)N(c2cc(C(=O)[O-])ccc2C)C3=O)cc1C.